The smallest absolute Gasteiger partial charge is 0.304 e. The Balaban J connectivity index is 2.37. The average molecular weight is 221 g/mol. The highest BCUT2D eigenvalue weighted by atomic mass is 16.5. The fraction of sp³-hybridized carbons (Fsp3) is 0.273. The summed E-state index contributed by atoms with van der Waals surface area (Å²) in [5.41, 5.74) is 1.35. The second-order valence-electron chi connectivity index (χ2n) is 3.59. The van der Waals surface area contributed by atoms with Crippen LogP contribution in [0.25, 0.3) is 0 Å². The van der Waals surface area contributed by atoms with Crippen molar-refractivity contribution < 1.29 is 19.4 Å². The lowest BCUT2D eigenvalue weighted by atomic mass is 9.97. The number of methoxy groups -OCH3 is 1. The maximum absolute atomic E-state index is 11.6. The molecule has 1 atom stereocenters. The molecule has 84 valence electrons. The van der Waals surface area contributed by atoms with Crippen LogP contribution in [0.15, 0.2) is 18.2 Å². The van der Waals surface area contributed by atoms with Crippen molar-refractivity contribution >= 4 is 17.6 Å². The van der Waals surface area contributed by atoms with Gasteiger partial charge < -0.3 is 15.2 Å². The van der Waals surface area contributed by atoms with Gasteiger partial charge in [-0.3, -0.25) is 9.59 Å². The normalized spacial score (nSPS) is 17.8. The zero-order valence-electron chi connectivity index (χ0n) is 8.69. The lowest BCUT2D eigenvalue weighted by Gasteiger charge is -2.06. The maximum Gasteiger partial charge on any atom is 0.304 e. The van der Waals surface area contributed by atoms with Gasteiger partial charge in [0.1, 0.15) is 5.75 Å². The van der Waals surface area contributed by atoms with Crippen LogP contribution in [0.3, 0.4) is 0 Å². The summed E-state index contributed by atoms with van der Waals surface area (Å²) in [6.45, 7) is 0. The fourth-order valence-corrected chi connectivity index (χ4v) is 1.81. The van der Waals surface area contributed by atoms with Crippen molar-refractivity contribution in [1.29, 1.82) is 0 Å². The number of rotatable bonds is 3. The van der Waals surface area contributed by atoms with Crippen LogP contribution in [0.5, 0.6) is 5.75 Å². The highest BCUT2D eigenvalue weighted by Crippen LogP contribution is 2.36. The number of nitrogens with one attached hydrogen (secondary N) is 1. The van der Waals surface area contributed by atoms with Gasteiger partial charge in [0, 0.05) is 5.69 Å². The summed E-state index contributed by atoms with van der Waals surface area (Å²) < 4.78 is 5.04. The second kappa shape index (κ2) is 3.84. The van der Waals surface area contributed by atoms with E-state index in [0.29, 0.717) is 17.0 Å². The van der Waals surface area contributed by atoms with Crippen molar-refractivity contribution in [3.63, 3.8) is 0 Å². The van der Waals surface area contributed by atoms with Crippen LogP contribution < -0.4 is 10.1 Å². The Morgan fingerprint density at radius 1 is 1.56 bits per heavy atom. The molecule has 16 heavy (non-hydrogen) atoms. The van der Waals surface area contributed by atoms with Gasteiger partial charge in [0.05, 0.1) is 19.4 Å². The Morgan fingerprint density at radius 3 is 2.94 bits per heavy atom. The first-order valence-corrected chi connectivity index (χ1v) is 4.82. The molecule has 2 N–H and O–H groups in total. The van der Waals surface area contributed by atoms with Gasteiger partial charge >= 0.3 is 5.97 Å². The number of aliphatic carboxylic acids is 1. The largest absolute Gasteiger partial charge is 0.497 e. The minimum atomic E-state index is -0.990. The Kier molecular flexibility index (Phi) is 2.52. The standard InChI is InChI=1S/C11H11NO4/c1-16-6-2-3-9-7(4-6)8(5-10(13)14)11(15)12-9/h2-4,8H,5H2,1H3,(H,12,15)(H,13,14)/t8-/m0/s1. The predicted octanol–water partition coefficient (Wildman–Crippen LogP) is 1.21. The van der Waals surface area contributed by atoms with Gasteiger partial charge in [-0.05, 0) is 23.8 Å². The number of benzene rings is 1. The van der Waals surface area contributed by atoms with Crippen LogP contribution in [0, 0.1) is 0 Å². The lowest BCUT2D eigenvalue weighted by Crippen LogP contribution is -2.15. The van der Waals surface area contributed by atoms with Crippen LogP contribution in [0.4, 0.5) is 5.69 Å². The maximum atomic E-state index is 11.6. The number of ether oxygens (including phenoxy) is 1. The number of amides is 1. The molecule has 0 saturated carbocycles. The van der Waals surface area contributed by atoms with Gasteiger partial charge in [0.15, 0.2) is 0 Å². The Morgan fingerprint density at radius 2 is 2.31 bits per heavy atom. The average Bonchev–Trinajstić information content (AvgIpc) is 2.54. The number of hydrogen-bond acceptors (Lipinski definition) is 3. The molecule has 0 aliphatic carbocycles. The fourth-order valence-electron chi connectivity index (χ4n) is 1.81. The minimum Gasteiger partial charge on any atom is -0.497 e. The second-order valence-corrected chi connectivity index (χ2v) is 3.59. The molecule has 0 aromatic heterocycles. The monoisotopic (exact) mass is 221 g/mol. The van der Waals surface area contributed by atoms with Gasteiger partial charge in [-0.15, -0.1) is 0 Å². The number of carboxylic acid groups (broad SMARTS) is 1. The highest BCUT2D eigenvalue weighted by Gasteiger charge is 2.32. The van der Waals surface area contributed by atoms with Crippen LogP contribution in [0.1, 0.15) is 17.9 Å². The van der Waals surface area contributed by atoms with E-state index in [1.165, 1.54) is 7.11 Å². The van der Waals surface area contributed by atoms with E-state index in [9.17, 15) is 9.59 Å². The molecular formula is C11H11NO4. The van der Waals surface area contributed by atoms with Crippen molar-refractivity contribution in [2.45, 2.75) is 12.3 Å². The summed E-state index contributed by atoms with van der Waals surface area (Å²) in [7, 11) is 1.53. The van der Waals surface area contributed by atoms with Crippen molar-refractivity contribution in [3.05, 3.63) is 23.8 Å². The zero-order valence-corrected chi connectivity index (χ0v) is 8.69. The molecule has 1 aromatic carbocycles. The number of hydrogen-bond donors (Lipinski definition) is 2. The third-order valence-electron chi connectivity index (χ3n) is 2.59. The van der Waals surface area contributed by atoms with Gasteiger partial charge in [-0.1, -0.05) is 0 Å². The number of carbonyl (C=O) groups is 2. The first-order valence-electron chi connectivity index (χ1n) is 4.82. The molecule has 0 spiro atoms. The Hall–Kier alpha value is -2.04. The van der Waals surface area contributed by atoms with E-state index in [1.54, 1.807) is 18.2 Å². The molecular weight excluding hydrogens is 210 g/mol. The lowest BCUT2D eigenvalue weighted by molar-refractivity contribution is -0.138. The molecule has 1 aliphatic heterocycles. The van der Waals surface area contributed by atoms with Crippen molar-refractivity contribution in [2.24, 2.45) is 0 Å². The third kappa shape index (κ3) is 1.71. The van der Waals surface area contributed by atoms with Gasteiger partial charge in [0.25, 0.3) is 0 Å². The number of fused-ring (bicyclic) bond motifs is 1. The van der Waals surface area contributed by atoms with E-state index in [4.69, 9.17) is 9.84 Å². The minimum absolute atomic E-state index is 0.202. The number of carbonyl (C=O) groups excluding carboxylic acids is 1. The molecule has 2 rings (SSSR count). The highest BCUT2D eigenvalue weighted by molar-refractivity contribution is 6.04. The van der Waals surface area contributed by atoms with E-state index < -0.39 is 11.9 Å². The van der Waals surface area contributed by atoms with Crippen LogP contribution in [-0.2, 0) is 9.59 Å². The van der Waals surface area contributed by atoms with Crippen molar-refractivity contribution in [1.82, 2.24) is 0 Å². The predicted molar refractivity (Wildman–Crippen MR) is 56.6 cm³/mol. The summed E-state index contributed by atoms with van der Waals surface area (Å²) in [6, 6.07) is 5.14. The van der Waals surface area contributed by atoms with Crippen molar-refractivity contribution in [3.8, 4) is 5.75 Å². The first-order chi connectivity index (χ1) is 7.61. The molecule has 0 bridgehead atoms. The van der Waals surface area contributed by atoms with E-state index in [2.05, 4.69) is 5.32 Å². The van der Waals surface area contributed by atoms with Crippen LogP contribution in [-0.4, -0.2) is 24.1 Å². The Labute approximate surface area is 92.0 Å². The summed E-state index contributed by atoms with van der Waals surface area (Å²) in [4.78, 5) is 22.2. The molecule has 1 aromatic rings. The van der Waals surface area contributed by atoms with E-state index in [1.807, 2.05) is 0 Å². The molecule has 0 unspecified atom stereocenters. The van der Waals surface area contributed by atoms with Crippen molar-refractivity contribution in [2.75, 3.05) is 12.4 Å². The molecule has 0 fully saturated rings. The number of anilines is 1. The summed E-state index contributed by atoms with van der Waals surface area (Å²) in [5.74, 6) is -1.27. The first kappa shape index (κ1) is 10.5. The van der Waals surface area contributed by atoms with Gasteiger partial charge in [0.2, 0.25) is 5.91 Å². The van der Waals surface area contributed by atoms with Gasteiger partial charge in [-0.25, -0.2) is 0 Å². The zero-order chi connectivity index (χ0) is 11.7. The Bertz CT molecular complexity index is 455. The topological polar surface area (TPSA) is 75.6 Å². The molecule has 0 saturated heterocycles. The van der Waals surface area contributed by atoms with Crippen LogP contribution >= 0.6 is 0 Å². The molecule has 1 aliphatic rings. The molecule has 0 radical (unpaired) electrons. The van der Waals surface area contributed by atoms with Gasteiger partial charge in [-0.2, -0.15) is 0 Å². The quantitative estimate of drug-likeness (QED) is 0.804. The third-order valence-corrected chi connectivity index (χ3v) is 2.59. The summed E-state index contributed by atoms with van der Waals surface area (Å²) in [6.07, 6.45) is -0.202. The van der Waals surface area contributed by atoms with Crippen LogP contribution in [0.2, 0.25) is 0 Å². The number of carboxylic acids is 1. The summed E-state index contributed by atoms with van der Waals surface area (Å²) in [5, 5.41) is 11.4. The summed E-state index contributed by atoms with van der Waals surface area (Å²) >= 11 is 0. The van der Waals surface area contributed by atoms with E-state index in [-0.39, 0.29) is 12.3 Å². The SMILES string of the molecule is COc1ccc2c(c1)[C@H](CC(=O)O)C(=O)N2. The van der Waals surface area contributed by atoms with E-state index >= 15 is 0 Å². The molecule has 1 heterocycles. The van der Waals surface area contributed by atoms with E-state index in [0.717, 1.165) is 0 Å². The molecule has 1 amide bonds. The molecule has 5 nitrogen and oxygen atoms in total. The molecule has 5 heteroatoms.